The molecule has 0 spiro atoms. The van der Waals surface area contributed by atoms with Gasteiger partial charge in [0.15, 0.2) is 0 Å². The lowest BCUT2D eigenvalue weighted by Crippen LogP contribution is -2.24. The van der Waals surface area contributed by atoms with Gasteiger partial charge in [-0.15, -0.1) is 0 Å². The maximum atomic E-state index is 12.2. The second-order valence-corrected chi connectivity index (χ2v) is 6.03. The van der Waals surface area contributed by atoms with Gasteiger partial charge in [0.2, 0.25) is 0 Å². The van der Waals surface area contributed by atoms with E-state index < -0.39 is 0 Å². The molecule has 6 nitrogen and oxygen atoms in total. The van der Waals surface area contributed by atoms with Crippen molar-refractivity contribution >= 4 is 21.8 Å². The Bertz CT molecular complexity index is 838. The van der Waals surface area contributed by atoms with Crippen LogP contribution in [-0.2, 0) is 6.54 Å². The van der Waals surface area contributed by atoms with Crippen molar-refractivity contribution in [2.45, 2.75) is 20.4 Å². The molecular weight excluding hydrogens is 358 g/mol. The van der Waals surface area contributed by atoms with Crippen molar-refractivity contribution < 1.29 is 4.79 Å². The van der Waals surface area contributed by atoms with E-state index in [1.807, 2.05) is 48.9 Å². The standard InChI is InChI=1S/C16H16BrN5O/c1-10-13(8-18-16(23)15-14(17)9-19-20-15)11(2)22(21-10)12-6-4-3-5-7-12/h3-7,9H,8H2,1-2H3,(H,18,23)(H,19,20). The summed E-state index contributed by atoms with van der Waals surface area (Å²) in [5.74, 6) is -0.208. The molecule has 0 bridgehead atoms. The molecule has 0 unspecified atom stereocenters. The molecule has 3 rings (SSSR count). The van der Waals surface area contributed by atoms with Crippen molar-refractivity contribution in [1.29, 1.82) is 0 Å². The number of H-pyrrole nitrogens is 1. The number of para-hydroxylation sites is 1. The second-order valence-electron chi connectivity index (χ2n) is 5.17. The van der Waals surface area contributed by atoms with E-state index in [2.05, 4.69) is 36.5 Å². The third-order valence-corrected chi connectivity index (χ3v) is 4.29. The molecule has 0 fully saturated rings. The summed E-state index contributed by atoms with van der Waals surface area (Å²) in [6.07, 6.45) is 1.55. The van der Waals surface area contributed by atoms with Gasteiger partial charge >= 0.3 is 0 Å². The second kappa shape index (κ2) is 6.37. The lowest BCUT2D eigenvalue weighted by atomic mass is 10.2. The molecule has 0 radical (unpaired) electrons. The Morgan fingerprint density at radius 1 is 1.30 bits per heavy atom. The fourth-order valence-corrected chi connectivity index (χ4v) is 2.81. The van der Waals surface area contributed by atoms with Crippen LogP contribution >= 0.6 is 15.9 Å². The summed E-state index contributed by atoms with van der Waals surface area (Å²) in [7, 11) is 0. The maximum absolute atomic E-state index is 12.2. The first-order chi connectivity index (χ1) is 11.1. The molecular formula is C16H16BrN5O. The number of aryl methyl sites for hydroxylation is 1. The third kappa shape index (κ3) is 3.05. The summed E-state index contributed by atoms with van der Waals surface area (Å²) in [5.41, 5.74) is 4.34. The zero-order valence-electron chi connectivity index (χ0n) is 12.8. The highest BCUT2D eigenvalue weighted by Crippen LogP contribution is 2.18. The Morgan fingerprint density at radius 3 is 2.70 bits per heavy atom. The van der Waals surface area contributed by atoms with Gasteiger partial charge < -0.3 is 5.32 Å². The predicted molar refractivity (Wildman–Crippen MR) is 90.5 cm³/mol. The molecule has 0 atom stereocenters. The highest BCUT2D eigenvalue weighted by molar-refractivity contribution is 9.10. The van der Waals surface area contributed by atoms with Gasteiger partial charge in [0, 0.05) is 17.8 Å². The van der Waals surface area contributed by atoms with Gasteiger partial charge in [0.25, 0.3) is 5.91 Å². The van der Waals surface area contributed by atoms with Crippen molar-refractivity contribution in [2.75, 3.05) is 0 Å². The summed E-state index contributed by atoms with van der Waals surface area (Å²) >= 11 is 3.29. The maximum Gasteiger partial charge on any atom is 0.270 e. The molecule has 0 aliphatic rings. The van der Waals surface area contributed by atoms with E-state index in [1.165, 1.54) is 0 Å². The number of carbonyl (C=O) groups is 1. The van der Waals surface area contributed by atoms with Crippen LogP contribution in [0, 0.1) is 13.8 Å². The quantitative estimate of drug-likeness (QED) is 0.737. The molecule has 0 aliphatic carbocycles. The van der Waals surface area contributed by atoms with Gasteiger partial charge in [-0.1, -0.05) is 18.2 Å². The minimum Gasteiger partial charge on any atom is -0.346 e. The van der Waals surface area contributed by atoms with Crippen LogP contribution in [0.2, 0.25) is 0 Å². The first-order valence-corrected chi connectivity index (χ1v) is 7.95. The van der Waals surface area contributed by atoms with Crippen LogP contribution in [0.4, 0.5) is 0 Å². The normalized spacial score (nSPS) is 10.7. The third-order valence-electron chi connectivity index (χ3n) is 3.69. The number of hydrogen-bond donors (Lipinski definition) is 2. The van der Waals surface area contributed by atoms with Crippen LogP contribution < -0.4 is 5.32 Å². The van der Waals surface area contributed by atoms with Crippen molar-refractivity contribution in [3.63, 3.8) is 0 Å². The van der Waals surface area contributed by atoms with Gasteiger partial charge in [-0.3, -0.25) is 9.89 Å². The van der Waals surface area contributed by atoms with Gasteiger partial charge in [0.1, 0.15) is 5.69 Å². The molecule has 0 saturated carbocycles. The zero-order chi connectivity index (χ0) is 16.4. The zero-order valence-corrected chi connectivity index (χ0v) is 14.4. The Morgan fingerprint density at radius 2 is 2.04 bits per heavy atom. The minimum atomic E-state index is -0.208. The highest BCUT2D eigenvalue weighted by Gasteiger charge is 2.16. The number of rotatable bonds is 4. The monoisotopic (exact) mass is 373 g/mol. The Hall–Kier alpha value is -2.41. The highest BCUT2D eigenvalue weighted by atomic mass is 79.9. The number of halogens is 1. The van der Waals surface area contributed by atoms with Crippen LogP contribution in [0.15, 0.2) is 41.0 Å². The molecule has 1 amide bonds. The van der Waals surface area contributed by atoms with Gasteiger partial charge in [-0.2, -0.15) is 10.2 Å². The van der Waals surface area contributed by atoms with Crippen LogP contribution in [0.5, 0.6) is 0 Å². The average Bonchev–Trinajstić information content (AvgIpc) is 3.10. The van der Waals surface area contributed by atoms with Crippen LogP contribution in [-0.4, -0.2) is 25.9 Å². The minimum absolute atomic E-state index is 0.208. The van der Waals surface area contributed by atoms with Crippen LogP contribution in [0.1, 0.15) is 27.4 Å². The molecule has 0 aliphatic heterocycles. The molecule has 23 heavy (non-hydrogen) atoms. The molecule has 3 aromatic rings. The topological polar surface area (TPSA) is 75.6 Å². The number of aromatic nitrogens is 4. The predicted octanol–water partition coefficient (Wildman–Crippen LogP) is 2.90. The molecule has 7 heteroatoms. The van der Waals surface area contributed by atoms with Gasteiger partial charge in [0.05, 0.1) is 22.1 Å². The molecule has 2 heterocycles. The molecule has 2 aromatic heterocycles. The van der Waals surface area contributed by atoms with Crippen molar-refractivity contribution in [3.8, 4) is 5.69 Å². The Kier molecular flexibility index (Phi) is 4.29. The van der Waals surface area contributed by atoms with E-state index in [9.17, 15) is 4.79 Å². The number of nitrogens with zero attached hydrogens (tertiary/aromatic N) is 3. The summed E-state index contributed by atoms with van der Waals surface area (Å²) < 4.78 is 2.53. The number of benzene rings is 1. The number of aromatic amines is 1. The van der Waals surface area contributed by atoms with Crippen LogP contribution in [0.25, 0.3) is 5.69 Å². The Labute approximate surface area is 142 Å². The number of carbonyl (C=O) groups excluding carboxylic acids is 1. The number of hydrogen-bond acceptors (Lipinski definition) is 3. The SMILES string of the molecule is Cc1nn(-c2ccccc2)c(C)c1CNC(=O)c1[nH]ncc1Br. The van der Waals surface area contributed by atoms with Crippen LogP contribution in [0.3, 0.4) is 0 Å². The van der Waals surface area contributed by atoms with E-state index in [1.54, 1.807) is 6.20 Å². The number of nitrogens with one attached hydrogen (secondary N) is 2. The van der Waals surface area contributed by atoms with E-state index in [0.717, 1.165) is 22.6 Å². The lowest BCUT2D eigenvalue weighted by Gasteiger charge is -2.06. The number of amides is 1. The van der Waals surface area contributed by atoms with E-state index in [4.69, 9.17) is 0 Å². The van der Waals surface area contributed by atoms with Crippen molar-refractivity contribution in [2.24, 2.45) is 0 Å². The summed E-state index contributed by atoms with van der Waals surface area (Å²) in [5, 5.41) is 14.0. The lowest BCUT2D eigenvalue weighted by molar-refractivity contribution is 0.0945. The fraction of sp³-hybridized carbons (Fsp3) is 0.188. The van der Waals surface area contributed by atoms with E-state index in [-0.39, 0.29) is 5.91 Å². The first kappa shape index (κ1) is 15.5. The average molecular weight is 374 g/mol. The molecule has 118 valence electrons. The summed E-state index contributed by atoms with van der Waals surface area (Å²) in [6.45, 7) is 4.36. The van der Waals surface area contributed by atoms with Gasteiger partial charge in [-0.25, -0.2) is 4.68 Å². The molecule has 1 aromatic carbocycles. The van der Waals surface area contributed by atoms with Crippen molar-refractivity contribution in [1.82, 2.24) is 25.3 Å². The Balaban J connectivity index is 1.80. The summed E-state index contributed by atoms with van der Waals surface area (Å²) in [6, 6.07) is 9.93. The summed E-state index contributed by atoms with van der Waals surface area (Å²) in [4.78, 5) is 12.2. The fourth-order valence-electron chi connectivity index (χ4n) is 2.44. The molecule has 0 saturated heterocycles. The molecule has 2 N–H and O–H groups in total. The first-order valence-electron chi connectivity index (χ1n) is 7.15. The van der Waals surface area contributed by atoms with E-state index in [0.29, 0.717) is 16.7 Å². The van der Waals surface area contributed by atoms with Gasteiger partial charge in [-0.05, 0) is 41.9 Å². The largest absolute Gasteiger partial charge is 0.346 e. The van der Waals surface area contributed by atoms with E-state index >= 15 is 0 Å². The van der Waals surface area contributed by atoms with Crippen molar-refractivity contribution in [3.05, 3.63) is 63.6 Å². The smallest absolute Gasteiger partial charge is 0.270 e.